The van der Waals surface area contributed by atoms with Gasteiger partial charge in [0.2, 0.25) is 10.0 Å². The summed E-state index contributed by atoms with van der Waals surface area (Å²) >= 11 is 0. The van der Waals surface area contributed by atoms with E-state index in [2.05, 4.69) is 5.32 Å². The zero-order valence-electron chi connectivity index (χ0n) is 11.1. The standard InChI is InChI=1S/C13H16F2N2O2S/c1-16-9-10-11(14)5-6-12(13(10)15)20(18,19)17-7-3-2-4-8-17/h2-3,5-6,16H,4,7-9H2,1H3. The van der Waals surface area contributed by atoms with Crippen LogP contribution in [-0.4, -0.2) is 32.9 Å². The van der Waals surface area contributed by atoms with Gasteiger partial charge in [-0.2, -0.15) is 4.31 Å². The zero-order valence-corrected chi connectivity index (χ0v) is 11.9. The van der Waals surface area contributed by atoms with Gasteiger partial charge in [0, 0.05) is 25.2 Å². The first-order valence-corrected chi connectivity index (χ1v) is 7.69. The molecule has 1 N–H and O–H groups in total. The van der Waals surface area contributed by atoms with Crippen molar-refractivity contribution >= 4 is 10.0 Å². The van der Waals surface area contributed by atoms with E-state index in [0.29, 0.717) is 13.0 Å². The summed E-state index contributed by atoms with van der Waals surface area (Å²) in [6, 6.07) is 1.97. The lowest BCUT2D eigenvalue weighted by Crippen LogP contribution is -2.34. The van der Waals surface area contributed by atoms with Crippen molar-refractivity contribution in [2.24, 2.45) is 0 Å². The summed E-state index contributed by atoms with van der Waals surface area (Å²) in [7, 11) is -2.40. The Kier molecular flexibility index (Phi) is 4.52. The molecule has 0 atom stereocenters. The van der Waals surface area contributed by atoms with Gasteiger partial charge in [0.05, 0.1) is 0 Å². The predicted octanol–water partition coefficient (Wildman–Crippen LogP) is 1.63. The topological polar surface area (TPSA) is 49.4 Å². The highest BCUT2D eigenvalue weighted by Crippen LogP contribution is 2.25. The van der Waals surface area contributed by atoms with Crippen LogP contribution in [0.5, 0.6) is 0 Å². The maximum atomic E-state index is 14.3. The molecule has 1 aromatic carbocycles. The van der Waals surface area contributed by atoms with Gasteiger partial charge in [-0.1, -0.05) is 12.2 Å². The number of halogens is 2. The molecule has 0 aromatic heterocycles. The molecule has 0 spiro atoms. The van der Waals surface area contributed by atoms with Crippen molar-refractivity contribution in [2.45, 2.75) is 17.9 Å². The second-order valence-corrected chi connectivity index (χ2v) is 6.40. The normalized spacial score (nSPS) is 16.6. The average molecular weight is 302 g/mol. The number of nitrogens with zero attached hydrogens (tertiary/aromatic N) is 1. The molecule has 1 heterocycles. The highest BCUT2D eigenvalue weighted by atomic mass is 32.2. The van der Waals surface area contributed by atoms with E-state index < -0.39 is 26.6 Å². The molecule has 0 bridgehead atoms. The number of benzene rings is 1. The van der Waals surface area contributed by atoms with Crippen LogP contribution in [0.25, 0.3) is 0 Å². The number of rotatable bonds is 4. The second kappa shape index (κ2) is 5.99. The fourth-order valence-corrected chi connectivity index (χ4v) is 3.59. The lowest BCUT2D eigenvalue weighted by molar-refractivity contribution is 0.430. The van der Waals surface area contributed by atoms with E-state index in [4.69, 9.17) is 0 Å². The van der Waals surface area contributed by atoms with Crippen molar-refractivity contribution in [1.29, 1.82) is 0 Å². The SMILES string of the molecule is CNCc1c(F)ccc(S(=O)(=O)N2CC=CCC2)c1F. The van der Waals surface area contributed by atoms with Gasteiger partial charge < -0.3 is 5.32 Å². The largest absolute Gasteiger partial charge is 0.315 e. The zero-order chi connectivity index (χ0) is 14.8. The Morgan fingerprint density at radius 2 is 2.05 bits per heavy atom. The first-order chi connectivity index (χ1) is 9.48. The monoisotopic (exact) mass is 302 g/mol. The molecular formula is C13H16F2N2O2S. The Balaban J connectivity index is 2.46. The van der Waals surface area contributed by atoms with E-state index in [0.717, 1.165) is 12.1 Å². The molecule has 0 unspecified atom stereocenters. The van der Waals surface area contributed by atoms with Gasteiger partial charge in [0.1, 0.15) is 10.7 Å². The molecule has 7 heteroatoms. The van der Waals surface area contributed by atoms with Crippen LogP contribution in [0.2, 0.25) is 0 Å². The fourth-order valence-electron chi connectivity index (χ4n) is 2.09. The lowest BCUT2D eigenvalue weighted by atomic mass is 10.2. The lowest BCUT2D eigenvalue weighted by Gasteiger charge is -2.23. The summed E-state index contributed by atoms with van der Waals surface area (Å²) in [5.41, 5.74) is -0.263. The molecule has 4 nitrogen and oxygen atoms in total. The van der Waals surface area contributed by atoms with Crippen LogP contribution < -0.4 is 5.32 Å². The van der Waals surface area contributed by atoms with Crippen molar-refractivity contribution in [3.63, 3.8) is 0 Å². The third kappa shape index (κ3) is 2.74. The van der Waals surface area contributed by atoms with E-state index in [9.17, 15) is 17.2 Å². The van der Waals surface area contributed by atoms with Gasteiger partial charge >= 0.3 is 0 Å². The fraction of sp³-hybridized carbons (Fsp3) is 0.385. The first kappa shape index (κ1) is 15.1. The number of hydrogen-bond acceptors (Lipinski definition) is 3. The highest BCUT2D eigenvalue weighted by Gasteiger charge is 2.29. The molecule has 0 aliphatic carbocycles. The minimum absolute atomic E-state index is 0.0685. The minimum atomic E-state index is -3.94. The van der Waals surface area contributed by atoms with Gasteiger partial charge in [-0.25, -0.2) is 17.2 Å². The van der Waals surface area contributed by atoms with Crippen molar-refractivity contribution in [3.8, 4) is 0 Å². The molecule has 110 valence electrons. The minimum Gasteiger partial charge on any atom is -0.315 e. The van der Waals surface area contributed by atoms with Gasteiger partial charge in [0.25, 0.3) is 0 Å². The van der Waals surface area contributed by atoms with Crippen molar-refractivity contribution < 1.29 is 17.2 Å². The second-order valence-electron chi connectivity index (χ2n) is 4.49. The summed E-state index contributed by atoms with van der Waals surface area (Å²) in [6.07, 6.45) is 4.18. The van der Waals surface area contributed by atoms with E-state index in [1.165, 1.54) is 11.4 Å². The maximum absolute atomic E-state index is 14.3. The van der Waals surface area contributed by atoms with Crippen LogP contribution in [0, 0.1) is 11.6 Å². The Morgan fingerprint density at radius 1 is 1.30 bits per heavy atom. The van der Waals surface area contributed by atoms with Gasteiger partial charge in [-0.3, -0.25) is 0 Å². The van der Waals surface area contributed by atoms with Crippen LogP contribution in [0.15, 0.2) is 29.2 Å². The van der Waals surface area contributed by atoms with Gasteiger partial charge in [-0.15, -0.1) is 0 Å². The first-order valence-electron chi connectivity index (χ1n) is 6.25. The number of hydrogen-bond donors (Lipinski definition) is 1. The molecule has 1 aliphatic rings. The molecule has 1 aliphatic heterocycles. The van der Waals surface area contributed by atoms with E-state index in [-0.39, 0.29) is 18.7 Å². The van der Waals surface area contributed by atoms with E-state index >= 15 is 0 Å². The molecule has 0 amide bonds. The summed E-state index contributed by atoms with van der Waals surface area (Å²) in [5, 5.41) is 2.62. The number of nitrogens with one attached hydrogen (secondary N) is 1. The Morgan fingerprint density at radius 3 is 2.65 bits per heavy atom. The molecule has 2 rings (SSSR count). The summed E-state index contributed by atoms with van der Waals surface area (Å²) in [4.78, 5) is -0.473. The molecule has 20 heavy (non-hydrogen) atoms. The van der Waals surface area contributed by atoms with Gasteiger partial charge in [0.15, 0.2) is 5.82 Å². The molecule has 0 radical (unpaired) electrons. The highest BCUT2D eigenvalue weighted by molar-refractivity contribution is 7.89. The van der Waals surface area contributed by atoms with Crippen molar-refractivity contribution in [2.75, 3.05) is 20.1 Å². The van der Waals surface area contributed by atoms with Crippen LogP contribution in [-0.2, 0) is 16.6 Å². The quantitative estimate of drug-likeness (QED) is 0.860. The smallest absolute Gasteiger partial charge is 0.246 e. The van der Waals surface area contributed by atoms with Crippen molar-refractivity contribution in [3.05, 3.63) is 41.5 Å². The molecule has 0 fully saturated rings. The Hall–Kier alpha value is -1.31. The average Bonchev–Trinajstić information content (AvgIpc) is 2.44. The third-order valence-electron chi connectivity index (χ3n) is 3.14. The van der Waals surface area contributed by atoms with Crippen LogP contribution in [0.3, 0.4) is 0 Å². The summed E-state index contributed by atoms with van der Waals surface area (Å²) in [6.45, 7) is 0.443. The predicted molar refractivity (Wildman–Crippen MR) is 71.6 cm³/mol. The van der Waals surface area contributed by atoms with Crippen LogP contribution in [0.4, 0.5) is 8.78 Å². The van der Waals surface area contributed by atoms with Gasteiger partial charge in [-0.05, 0) is 25.6 Å². The van der Waals surface area contributed by atoms with Crippen LogP contribution >= 0.6 is 0 Å². The molecular weight excluding hydrogens is 286 g/mol. The van der Waals surface area contributed by atoms with Crippen LogP contribution in [0.1, 0.15) is 12.0 Å². The summed E-state index contributed by atoms with van der Waals surface area (Å²) in [5.74, 6) is -1.77. The summed E-state index contributed by atoms with van der Waals surface area (Å²) < 4.78 is 53.8. The third-order valence-corrected chi connectivity index (χ3v) is 5.03. The Bertz CT molecular complexity index is 630. The molecule has 0 saturated heterocycles. The molecule has 1 aromatic rings. The van der Waals surface area contributed by atoms with E-state index in [1.807, 2.05) is 6.08 Å². The van der Waals surface area contributed by atoms with Crippen molar-refractivity contribution in [1.82, 2.24) is 9.62 Å². The van der Waals surface area contributed by atoms with E-state index in [1.54, 1.807) is 6.08 Å². The molecule has 0 saturated carbocycles. The Labute approximate surface area is 117 Å². The number of sulfonamides is 1. The maximum Gasteiger partial charge on any atom is 0.246 e.